The molecule has 33 heavy (non-hydrogen) atoms. The summed E-state index contributed by atoms with van der Waals surface area (Å²) in [5.74, 6) is 0.582. The molecule has 2 heterocycles. The number of thiazole rings is 1. The fourth-order valence-corrected chi connectivity index (χ4v) is 4.61. The summed E-state index contributed by atoms with van der Waals surface area (Å²) in [7, 11) is 0. The Morgan fingerprint density at radius 1 is 1.12 bits per heavy atom. The average molecular weight is 484 g/mol. The van der Waals surface area contributed by atoms with E-state index in [9.17, 15) is 9.18 Å². The van der Waals surface area contributed by atoms with Crippen molar-refractivity contribution in [2.24, 2.45) is 0 Å². The molecule has 2 aromatic heterocycles. The van der Waals surface area contributed by atoms with Crippen LogP contribution < -0.4 is 10.1 Å². The smallest absolute Gasteiger partial charge is 0.239 e. The molecule has 2 atom stereocenters. The van der Waals surface area contributed by atoms with Gasteiger partial charge in [0.05, 0.1) is 10.9 Å². The Morgan fingerprint density at radius 2 is 1.85 bits per heavy atom. The van der Waals surface area contributed by atoms with Crippen molar-refractivity contribution < 1.29 is 13.9 Å². The molecule has 0 aliphatic carbocycles. The molecule has 1 amide bonds. The van der Waals surface area contributed by atoms with Crippen LogP contribution in [0.15, 0.2) is 65.1 Å². The van der Waals surface area contributed by atoms with E-state index in [2.05, 4.69) is 20.5 Å². The van der Waals surface area contributed by atoms with Crippen LogP contribution in [-0.2, 0) is 4.79 Å². The molecular formula is C23H22FN5O2S2. The molecule has 0 saturated heterocycles. The first kappa shape index (κ1) is 22.9. The molecule has 2 unspecified atom stereocenters. The number of halogens is 1. The number of aryl methyl sites for hydroxylation is 1. The highest BCUT2D eigenvalue weighted by atomic mass is 32.2. The molecule has 0 saturated carbocycles. The molecular weight excluding hydrogens is 461 g/mol. The number of thioether (sulfide) groups is 1. The van der Waals surface area contributed by atoms with Crippen LogP contribution >= 0.6 is 23.1 Å². The average Bonchev–Trinajstić information content (AvgIpc) is 3.41. The third-order valence-corrected chi connectivity index (χ3v) is 6.58. The van der Waals surface area contributed by atoms with Gasteiger partial charge in [-0.15, -0.1) is 21.5 Å². The number of nitrogens with one attached hydrogen (secondary N) is 1. The second-order valence-electron chi connectivity index (χ2n) is 7.27. The fraction of sp³-hybridized carbons (Fsp3) is 0.217. The number of hydrogen-bond acceptors (Lipinski definition) is 7. The van der Waals surface area contributed by atoms with E-state index in [0.29, 0.717) is 21.9 Å². The summed E-state index contributed by atoms with van der Waals surface area (Å²) in [5, 5.41) is 14.1. The Bertz CT molecular complexity index is 1230. The zero-order chi connectivity index (χ0) is 23.4. The molecule has 0 fully saturated rings. The Morgan fingerprint density at radius 3 is 2.52 bits per heavy atom. The number of hydrogen-bond donors (Lipinski definition) is 1. The highest BCUT2D eigenvalue weighted by Crippen LogP contribution is 2.30. The van der Waals surface area contributed by atoms with E-state index in [4.69, 9.17) is 4.74 Å². The standard InChI is InChI=1S/C23H22FN5O2S2/c1-14-13-32-22(25-14)26-21(30)16(3)33-23-28-27-20(29(23)18-7-5-4-6-8-18)15(2)31-19-11-9-17(24)10-12-19/h4-13,15-16H,1-3H3,(H,25,26,30). The van der Waals surface area contributed by atoms with Crippen LogP contribution in [0.1, 0.15) is 31.5 Å². The lowest BCUT2D eigenvalue weighted by Gasteiger charge is -2.17. The summed E-state index contributed by atoms with van der Waals surface area (Å²) in [5.41, 5.74) is 1.71. The van der Waals surface area contributed by atoms with Crippen LogP contribution in [0.25, 0.3) is 5.69 Å². The normalized spacial score (nSPS) is 12.8. The maximum atomic E-state index is 13.2. The first-order chi connectivity index (χ1) is 15.9. The van der Waals surface area contributed by atoms with Crippen molar-refractivity contribution in [2.45, 2.75) is 37.3 Å². The van der Waals surface area contributed by atoms with Crippen molar-refractivity contribution in [2.75, 3.05) is 5.32 Å². The first-order valence-electron chi connectivity index (χ1n) is 10.2. The van der Waals surface area contributed by atoms with Crippen molar-refractivity contribution in [1.82, 2.24) is 19.7 Å². The Balaban J connectivity index is 1.58. The maximum Gasteiger partial charge on any atom is 0.239 e. The van der Waals surface area contributed by atoms with Gasteiger partial charge < -0.3 is 10.1 Å². The van der Waals surface area contributed by atoms with Crippen molar-refractivity contribution in [3.05, 3.63) is 77.3 Å². The molecule has 0 aliphatic rings. The third-order valence-electron chi connectivity index (χ3n) is 4.66. The van der Waals surface area contributed by atoms with Crippen LogP contribution in [0.2, 0.25) is 0 Å². The van der Waals surface area contributed by atoms with Crippen molar-refractivity contribution in [3.8, 4) is 11.4 Å². The zero-order valence-electron chi connectivity index (χ0n) is 18.2. The highest BCUT2D eigenvalue weighted by molar-refractivity contribution is 8.00. The number of amides is 1. The number of carbonyl (C=O) groups is 1. The van der Waals surface area contributed by atoms with Gasteiger partial charge in [-0.1, -0.05) is 30.0 Å². The highest BCUT2D eigenvalue weighted by Gasteiger charge is 2.25. The summed E-state index contributed by atoms with van der Waals surface area (Å²) in [6.45, 7) is 5.54. The minimum atomic E-state index is -0.472. The zero-order valence-corrected chi connectivity index (χ0v) is 19.9. The largest absolute Gasteiger partial charge is 0.483 e. The van der Waals surface area contributed by atoms with E-state index in [1.807, 2.05) is 61.1 Å². The fourth-order valence-electron chi connectivity index (χ4n) is 3.04. The van der Waals surface area contributed by atoms with Crippen LogP contribution in [0, 0.1) is 12.7 Å². The van der Waals surface area contributed by atoms with Crippen molar-refractivity contribution >= 4 is 34.1 Å². The number of para-hydroxylation sites is 1. The molecule has 4 aromatic rings. The molecule has 1 N–H and O–H groups in total. The van der Waals surface area contributed by atoms with E-state index in [1.165, 1.54) is 35.2 Å². The van der Waals surface area contributed by atoms with E-state index in [0.717, 1.165) is 11.4 Å². The van der Waals surface area contributed by atoms with Crippen LogP contribution in [0.3, 0.4) is 0 Å². The van der Waals surface area contributed by atoms with Gasteiger partial charge in [0.2, 0.25) is 5.91 Å². The topological polar surface area (TPSA) is 81.9 Å². The summed E-state index contributed by atoms with van der Waals surface area (Å²) < 4.78 is 21.1. The molecule has 10 heteroatoms. The van der Waals surface area contributed by atoms with Crippen molar-refractivity contribution in [3.63, 3.8) is 0 Å². The number of benzene rings is 2. The molecule has 0 spiro atoms. The minimum absolute atomic E-state index is 0.172. The lowest BCUT2D eigenvalue weighted by molar-refractivity contribution is -0.115. The van der Waals surface area contributed by atoms with Gasteiger partial charge in [-0.25, -0.2) is 9.37 Å². The SMILES string of the molecule is Cc1csc(NC(=O)C(C)Sc2nnc(C(C)Oc3ccc(F)cc3)n2-c2ccccc2)n1. The molecule has 0 bridgehead atoms. The van der Waals surface area contributed by atoms with Gasteiger partial charge in [0.25, 0.3) is 0 Å². The molecule has 7 nitrogen and oxygen atoms in total. The monoisotopic (exact) mass is 483 g/mol. The van der Waals surface area contributed by atoms with E-state index in [1.54, 1.807) is 12.1 Å². The number of rotatable bonds is 8. The predicted octanol–water partition coefficient (Wildman–Crippen LogP) is 5.43. The quantitative estimate of drug-likeness (QED) is 0.337. The number of nitrogens with zero attached hydrogens (tertiary/aromatic N) is 4. The second kappa shape index (κ2) is 10.1. The van der Waals surface area contributed by atoms with Gasteiger partial charge in [0.15, 0.2) is 22.2 Å². The first-order valence-corrected chi connectivity index (χ1v) is 12.0. The number of ether oxygens (including phenoxy) is 1. The summed E-state index contributed by atoms with van der Waals surface area (Å²) >= 11 is 2.68. The van der Waals surface area contributed by atoms with Crippen LogP contribution in [-0.4, -0.2) is 30.9 Å². The third kappa shape index (κ3) is 5.58. The Labute approximate surface area is 199 Å². The minimum Gasteiger partial charge on any atom is -0.483 e. The lowest BCUT2D eigenvalue weighted by Crippen LogP contribution is -2.23. The molecule has 0 aliphatic heterocycles. The Kier molecular flexibility index (Phi) is 7.05. The van der Waals surface area contributed by atoms with Gasteiger partial charge in [0.1, 0.15) is 11.6 Å². The Hall–Kier alpha value is -3.24. The van der Waals surface area contributed by atoms with Gasteiger partial charge in [-0.2, -0.15) is 0 Å². The van der Waals surface area contributed by atoms with Crippen LogP contribution in [0.5, 0.6) is 5.75 Å². The number of carbonyl (C=O) groups excluding carboxylic acids is 1. The van der Waals surface area contributed by atoms with Gasteiger partial charge in [-0.3, -0.25) is 9.36 Å². The number of anilines is 1. The van der Waals surface area contributed by atoms with E-state index < -0.39 is 11.4 Å². The van der Waals surface area contributed by atoms with Gasteiger partial charge in [0, 0.05) is 11.1 Å². The molecule has 2 aromatic carbocycles. The van der Waals surface area contributed by atoms with Gasteiger partial charge >= 0.3 is 0 Å². The van der Waals surface area contributed by atoms with E-state index >= 15 is 0 Å². The van der Waals surface area contributed by atoms with E-state index in [-0.39, 0.29) is 11.7 Å². The number of aromatic nitrogens is 4. The second-order valence-corrected chi connectivity index (χ2v) is 9.44. The van der Waals surface area contributed by atoms with Gasteiger partial charge in [-0.05, 0) is 57.2 Å². The molecule has 170 valence electrons. The summed E-state index contributed by atoms with van der Waals surface area (Å²) in [6, 6.07) is 15.4. The summed E-state index contributed by atoms with van der Waals surface area (Å²) in [4.78, 5) is 17.0. The molecule has 0 radical (unpaired) electrons. The molecule has 4 rings (SSSR count). The van der Waals surface area contributed by atoms with Crippen molar-refractivity contribution in [1.29, 1.82) is 0 Å². The lowest BCUT2D eigenvalue weighted by atomic mass is 10.3. The predicted molar refractivity (Wildman–Crippen MR) is 128 cm³/mol. The summed E-state index contributed by atoms with van der Waals surface area (Å²) in [6.07, 6.45) is -0.472. The maximum absolute atomic E-state index is 13.2. The van der Waals surface area contributed by atoms with Crippen LogP contribution in [0.4, 0.5) is 9.52 Å².